The Kier molecular flexibility index (Phi) is 23.6. The maximum absolute atomic E-state index is 14.6. The number of carbonyl (C=O) groups excluding carboxylic acids is 11. The number of aliphatic imine (C=N–C) groups is 1. The molecule has 2 aromatic carbocycles. The topological polar surface area (TPSA) is 464 Å². The summed E-state index contributed by atoms with van der Waals surface area (Å²) in [5.41, 5.74) is 34.4. The van der Waals surface area contributed by atoms with Gasteiger partial charge in [-0.2, -0.15) is 0 Å². The molecule has 11 amide bonds. The van der Waals surface area contributed by atoms with E-state index in [1.807, 2.05) is 0 Å². The smallest absolute Gasteiger partial charge is 0.247 e. The molecule has 2 aliphatic rings. The molecule has 1 saturated heterocycles. The van der Waals surface area contributed by atoms with Crippen LogP contribution in [0.3, 0.4) is 0 Å². The number of guanidine groups is 1. The number of phenolic OH excluding ortho intramolecular Hbond substituents is 1. The van der Waals surface area contributed by atoms with Gasteiger partial charge in [-0.25, -0.2) is 0 Å². The second-order valence-corrected chi connectivity index (χ2v) is 19.8. The predicted molar refractivity (Wildman–Crippen MR) is 275 cm³/mol. The lowest BCUT2D eigenvalue weighted by atomic mass is 10.0. The number of carbonyl (C=O) groups is 11. The Morgan fingerprint density at radius 1 is 0.707 bits per heavy atom. The van der Waals surface area contributed by atoms with Crippen LogP contribution in [0.25, 0.3) is 0 Å². The summed E-state index contributed by atoms with van der Waals surface area (Å²) in [6.45, 7) is -0.651. The van der Waals surface area contributed by atoms with Crippen LogP contribution in [0.4, 0.5) is 0 Å². The van der Waals surface area contributed by atoms with Crippen molar-refractivity contribution in [3.63, 3.8) is 0 Å². The van der Waals surface area contributed by atoms with E-state index < -0.39 is 139 Å². The van der Waals surface area contributed by atoms with Crippen LogP contribution in [0.2, 0.25) is 0 Å². The normalized spacial score (nSPS) is 22.4. The van der Waals surface area contributed by atoms with E-state index in [2.05, 4.69) is 42.2 Å². The van der Waals surface area contributed by atoms with Crippen molar-refractivity contribution < 1.29 is 57.8 Å². The van der Waals surface area contributed by atoms with Gasteiger partial charge >= 0.3 is 0 Å². The third kappa shape index (κ3) is 20.1. The number of aromatic hydroxyl groups is 1. The summed E-state index contributed by atoms with van der Waals surface area (Å²) in [5, 5.41) is 27.5. The van der Waals surface area contributed by atoms with Gasteiger partial charge in [0.1, 0.15) is 48.0 Å². The second kappa shape index (κ2) is 29.7. The fourth-order valence-electron chi connectivity index (χ4n) is 7.46. The first-order valence-electron chi connectivity index (χ1n) is 23.4. The van der Waals surface area contributed by atoms with Crippen molar-refractivity contribution in [2.75, 3.05) is 31.1 Å². The van der Waals surface area contributed by atoms with Crippen LogP contribution in [-0.2, 0) is 65.6 Å². The minimum absolute atomic E-state index is 0.0230. The van der Waals surface area contributed by atoms with Crippen LogP contribution in [0.15, 0.2) is 71.7 Å². The lowest BCUT2D eigenvalue weighted by Crippen LogP contribution is -2.61. The van der Waals surface area contributed by atoms with Crippen LogP contribution < -0.4 is 71.6 Å². The summed E-state index contributed by atoms with van der Waals surface area (Å²) in [5.74, 6) is -10.8. The van der Waals surface area contributed by atoms with E-state index in [4.69, 9.17) is 34.4 Å². The van der Waals surface area contributed by atoms with Gasteiger partial charge in [-0.05, 0) is 42.5 Å². The van der Waals surface area contributed by atoms with Crippen molar-refractivity contribution in [1.29, 1.82) is 0 Å². The molecule has 0 aliphatic carbocycles. The van der Waals surface area contributed by atoms with Gasteiger partial charge in [0.15, 0.2) is 5.96 Å². The quantitative estimate of drug-likeness (QED) is 0.0205. The fraction of sp³-hybridized carbons (Fsp3) is 0.435. The molecule has 8 atom stereocenters. The average Bonchev–Trinajstić information content (AvgIpc) is 3.86. The highest BCUT2D eigenvalue weighted by atomic mass is 33.1. The molecule has 20 N–H and O–H groups in total. The lowest BCUT2D eigenvalue weighted by molar-refractivity contribution is -0.141. The third-order valence-electron chi connectivity index (χ3n) is 11.3. The summed E-state index contributed by atoms with van der Waals surface area (Å²) >= 11 is 0. The standard InChI is InChI=1S/C46H63N15O12S2/c47-27-22-74-75-23-33(45(73)61-17-5-9-34(61)44(72)56-28(8-4-16-53-46(51)52)39(67)54-21-37(50)65)60-43(71)32(20-36(49)64)59-40(68)29(14-15-35(48)63)55-41(69)31(18-24-6-2-1-3-7-24)58-42(70)30(57-38(27)66)19-25-10-12-26(62)13-11-25/h1-3,5-7,9-13,27-34,62H,4,8,14-23,47H2,(H2,48,63)(H2,49,64)(H2,50,65)(H,54,67)(H,55,69)(H,56,72)(H,57,66)(H,58,70)(H,59,68)(H,60,71)(H4,51,52,53)/t27-,28-,29-,30-,31-,32-,33-,34-/m0/s1. The minimum Gasteiger partial charge on any atom is -0.508 e. The Labute approximate surface area is 438 Å². The summed E-state index contributed by atoms with van der Waals surface area (Å²) in [6, 6.07) is 2.47. The number of nitrogens with one attached hydrogen (secondary N) is 7. The highest BCUT2D eigenvalue weighted by Gasteiger charge is 2.39. The van der Waals surface area contributed by atoms with Crippen molar-refractivity contribution in [2.45, 2.75) is 93.3 Å². The molecule has 0 saturated carbocycles. The van der Waals surface area contributed by atoms with E-state index >= 15 is 0 Å². The first kappa shape index (κ1) is 59.6. The Morgan fingerprint density at radius 2 is 1.28 bits per heavy atom. The number of hydrogen-bond donors (Lipinski definition) is 14. The van der Waals surface area contributed by atoms with Gasteiger partial charge in [-0.1, -0.05) is 76.2 Å². The molecule has 0 spiro atoms. The molecular formula is C46H63N15O12S2. The van der Waals surface area contributed by atoms with Crippen LogP contribution in [0, 0.1) is 0 Å². The first-order chi connectivity index (χ1) is 35.6. The molecule has 0 radical (unpaired) electrons. The number of nitrogens with two attached hydrogens (primary N) is 6. The Morgan fingerprint density at radius 3 is 1.89 bits per heavy atom. The van der Waals surface area contributed by atoms with Crippen molar-refractivity contribution in [3.8, 4) is 5.75 Å². The van der Waals surface area contributed by atoms with Crippen LogP contribution in [0.5, 0.6) is 5.75 Å². The molecule has 75 heavy (non-hydrogen) atoms. The van der Waals surface area contributed by atoms with Gasteiger partial charge in [-0.3, -0.25) is 57.7 Å². The van der Waals surface area contributed by atoms with Gasteiger partial charge in [-0.15, -0.1) is 0 Å². The first-order valence-corrected chi connectivity index (χ1v) is 25.9. The van der Waals surface area contributed by atoms with Gasteiger partial charge in [0.05, 0.1) is 19.0 Å². The fourth-order valence-corrected chi connectivity index (χ4v) is 9.74. The number of rotatable bonds is 19. The number of nitrogens with zero attached hydrogens (tertiary/aromatic N) is 2. The Hall–Kier alpha value is -7.92. The van der Waals surface area contributed by atoms with Crippen molar-refractivity contribution in [2.24, 2.45) is 39.4 Å². The van der Waals surface area contributed by atoms with Gasteiger partial charge in [0.2, 0.25) is 65.0 Å². The van der Waals surface area contributed by atoms with Crippen LogP contribution in [0.1, 0.15) is 43.2 Å². The molecular weight excluding hydrogens is 1020 g/mol. The van der Waals surface area contributed by atoms with E-state index in [-0.39, 0.29) is 62.0 Å². The average molecular weight is 1080 g/mol. The zero-order valence-electron chi connectivity index (χ0n) is 40.6. The Bertz CT molecular complexity index is 2460. The van der Waals surface area contributed by atoms with E-state index in [9.17, 15) is 57.8 Å². The molecule has 4 rings (SSSR count). The summed E-state index contributed by atoms with van der Waals surface area (Å²) in [6.07, 6.45) is 0.971. The van der Waals surface area contributed by atoms with Gasteiger partial charge < -0.3 is 81.6 Å². The molecule has 1 fully saturated rings. The molecule has 0 bridgehead atoms. The van der Waals surface area contributed by atoms with E-state index in [1.165, 1.54) is 36.4 Å². The zero-order chi connectivity index (χ0) is 55.2. The van der Waals surface area contributed by atoms with E-state index in [0.29, 0.717) is 11.1 Å². The van der Waals surface area contributed by atoms with Gasteiger partial charge in [0.25, 0.3) is 0 Å². The second-order valence-electron chi connectivity index (χ2n) is 17.3. The molecule has 406 valence electrons. The minimum atomic E-state index is -1.81. The molecule has 2 aromatic rings. The molecule has 2 aliphatic heterocycles. The molecule has 2 heterocycles. The highest BCUT2D eigenvalue weighted by Crippen LogP contribution is 2.25. The van der Waals surface area contributed by atoms with Crippen molar-refractivity contribution in [3.05, 3.63) is 77.9 Å². The van der Waals surface area contributed by atoms with Gasteiger partial charge in [0, 0.05) is 43.9 Å². The van der Waals surface area contributed by atoms with Crippen LogP contribution >= 0.6 is 21.6 Å². The third-order valence-corrected chi connectivity index (χ3v) is 13.8. The zero-order valence-corrected chi connectivity index (χ0v) is 42.2. The summed E-state index contributed by atoms with van der Waals surface area (Å²) in [4.78, 5) is 153. The number of amides is 11. The lowest BCUT2D eigenvalue weighted by Gasteiger charge is -2.31. The van der Waals surface area contributed by atoms with Crippen LogP contribution in [-0.4, -0.2) is 160 Å². The van der Waals surface area contributed by atoms with E-state index in [0.717, 1.165) is 26.5 Å². The SMILES string of the molecule is NC(=O)CC[C@@H]1NC(=O)[C@H](Cc2ccccc2)NC(=O)[C@H](Cc2ccc(O)cc2)NC(=O)[C@@H](N)CSSC[C@@H](C(=O)N2CC=C[C@H]2C(=O)N[C@@H](CCCN=C(N)N)C(=O)NCC(N)=O)NC(=O)[C@H](CC(N)=O)NC1=O. The van der Waals surface area contributed by atoms with Crippen molar-refractivity contribution >= 4 is 92.5 Å². The van der Waals surface area contributed by atoms with E-state index in [1.54, 1.807) is 30.3 Å². The predicted octanol–water partition coefficient (Wildman–Crippen LogP) is -5.63. The number of benzene rings is 2. The maximum Gasteiger partial charge on any atom is 0.247 e. The monoisotopic (exact) mass is 1080 g/mol. The molecule has 27 nitrogen and oxygen atoms in total. The highest BCUT2D eigenvalue weighted by molar-refractivity contribution is 8.76. The largest absolute Gasteiger partial charge is 0.508 e. The maximum atomic E-state index is 14.6. The van der Waals surface area contributed by atoms with Crippen molar-refractivity contribution in [1.82, 2.24) is 42.1 Å². The number of primary amides is 3. The molecule has 29 heteroatoms. The summed E-state index contributed by atoms with van der Waals surface area (Å²) < 4.78 is 0. The summed E-state index contributed by atoms with van der Waals surface area (Å²) in [7, 11) is 1.96. The number of phenols is 1. The molecule has 0 aromatic heterocycles. The molecule has 0 unspecified atom stereocenters. The Balaban J connectivity index is 1.71. The number of hydrogen-bond acceptors (Lipinski definition) is 16.